The molecule has 2 bridgehead atoms. The van der Waals surface area contributed by atoms with Crippen LogP contribution in [0.15, 0.2) is 23.5 Å². The maximum atomic E-state index is 12.3. The van der Waals surface area contributed by atoms with Gasteiger partial charge in [-0.05, 0) is 49.8 Å². The number of nitrogens with zero attached hydrogens (tertiary/aromatic N) is 1. The standard InChI is InChI=1S/C22H26N2O5/c1-28-17-13(20(23)26)9-22(27)15-8-12-4-5-14(25)18-16(12)21(22,19(17)29-18)6-7-24(15)10-11-2-3-11/h4-5,11,15,19,25,27H,2-3,6-10H2,1H3,(H2,23,26)/t15-,19+,21+,22-/m1/s1. The van der Waals surface area contributed by atoms with Crippen molar-refractivity contribution in [2.24, 2.45) is 11.7 Å². The van der Waals surface area contributed by atoms with E-state index in [1.165, 1.54) is 20.0 Å². The lowest BCUT2D eigenvalue weighted by molar-refractivity contribution is -0.173. The number of primary amides is 1. The van der Waals surface area contributed by atoms with Crippen LogP contribution in [-0.4, -0.2) is 59.0 Å². The van der Waals surface area contributed by atoms with Gasteiger partial charge in [0.25, 0.3) is 0 Å². The van der Waals surface area contributed by atoms with Gasteiger partial charge in [-0.15, -0.1) is 0 Å². The van der Waals surface area contributed by atoms with Crippen LogP contribution in [0.5, 0.6) is 11.5 Å². The summed E-state index contributed by atoms with van der Waals surface area (Å²) >= 11 is 0. The molecule has 0 radical (unpaired) electrons. The molecule has 2 heterocycles. The molecule has 1 spiro atoms. The van der Waals surface area contributed by atoms with E-state index in [1.807, 2.05) is 6.07 Å². The smallest absolute Gasteiger partial charge is 0.248 e. The Bertz CT molecular complexity index is 970. The molecule has 1 amide bonds. The van der Waals surface area contributed by atoms with Crippen molar-refractivity contribution in [2.45, 2.75) is 55.3 Å². The van der Waals surface area contributed by atoms with Crippen molar-refractivity contribution >= 4 is 5.91 Å². The van der Waals surface area contributed by atoms with E-state index >= 15 is 0 Å². The summed E-state index contributed by atoms with van der Waals surface area (Å²) in [5.41, 5.74) is 6.05. The Balaban J connectivity index is 1.61. The number of carbonyl (C=O) groups is 1. The van der Waals surface area contributed by atoms with Crippen LogP contribution in [0, 0.1) is 5.92 Å². The molecular formula is C22H26N2O5. The van der Waals surface area contributed by atoms with Gasteiger partial charge in [0.1, 0.15) is 5.76 Å². The zero-order valence-corrected chi connectivity index (χ0v) is 16.5. The van der Waals surface area contributed by atoms with Crippen LogP contribution >= 0.6 is 0 Å². The van der Waals surface area contributed by atoms with Gasteiger partial charge in [-0.3, -0.25) is 9.69 Å². The SMILES string of the molecule is COC1=C(C(N)=O)C[C@@]2(O)[C@H]3Cc4ccc(O)c5c4[C@@]2(CCN3CC2CC2)[C@H]1O5. The second-order valence-corrected chi connectivity index (χ2v) is 9.34. The third-order valence-electron chi connectivity index (χ3n) is 8.01. The van der Waals surface area contributed by atoms with Crippen molar-refractivity contribution in [3.63, 3.8) is 0 Å². The number of benzene rings is 1. The van der Waals surface area contributed by atoms with Gasteiger partial charge in [0.05, 0.1) is 23.7 Å². The number of rotatable bonds is 4. The molecule has 4 atom stereocenters. The minimum Gasteiger partial charge on any atom is -0.504 e. The normalized spacial score (nSPS) is 37.2. The molecule has 7 heteroatoms. The first-order valence-corrected chi connectivity index (χ1v) is 10.5. The highest BCUT2D eigenvalue weighted by Crippen LogP contribution is 2.66. The molecule has 1 saturated heterocycles. The number of amides is 1. The number of phenols is 1. The number of likely N-dealkylation sites (tertiary alicyclic amines) is 1. The van der Waals surface area contributed by atoms with Crippen molar-refractivity contribution in [1.29, 1.82) is 0 Å². The Morgan fingerprint density at radius 3 is 2.90 bits per heavy atom. The van der Waals surface area contributed by atoms with E-state index in [2.05, 4.69) is 4.90 Å². The Morgan fingerprint density at radius 1 is 1.41 bits per heavy atom. The number of ether oxygens (including phenoxy) is 2. The number of nitrogens with two attached hydrogens (primary N) is 1. The Labute approximate surface area is 169 Å². The summed E-state index contributed by atoms with van der Waals surface area (Å²) in [6, 6.07) is 3.49. The average molecular weight is 398 g/mol. The zero-order chi connectivity index (χ0) is 20.1. The quantitative estimate of drug-likeness (QED) is 0.698. The second-order valence-electron chi connectivity index (χ2n) is 9.34. The Kier molecular flexibility index (Phi) is 3.31. The van der Waals surface area contributed by atoms with Gasteiger partial charge in [0.2, 0.25) is 5.91 Å². The van der Waals surface area contributed by atoms with Crippen molar-refractivity contribution in [3.05, 3.63) is 34.6 Å². The van der Waals surface area contributed by atoms with E-state index in [-0.39, 0.29) is 18.2 Å². The molecule has 1 aromatic rings. The van der Waals surface area contributed by atoms with Crippen molar-refractivity contribution < 1.29 is 24.5 Å². The number of carbonyl (C=O) groups excluding carboxylic acids is 1. The molecule has 0 unspecified atom stereocenters. The fourth-order valence-electron chi connectivity index (χ4n) is 6.59. The predicted molar refractivity (Wildman–Crippen MR) is 103 cm³/mol. The maximum absolute atomic E-state index is 12.3. The number of hydrogen-bond acceptors (Lipinski definition) is 6. The fourth-order valence-corrected chi connectivity index (χ4v) is 6.59. The first kappa shape index (κ1) is 17.6. The van der Waals surface area contributed by atoms with Gasteiger partial charge in [0.15, 0.2) is 17.6 Å². The first-order chi connectivity index (χ1) is 13.9. The highest BCUT2D eigenvalue weighted by atomic mass is 16.5. The van der Waals surface area contributed by atoms with E-state index in [0.29, 0.717) is 35.8 Å². The predicted octanol–water partition coefficient (Wildman–Crippen LogP) is 0.952. The molecule has 4 N–H and O–H groups in total. The molecule has 154 valence electrons. The summed E-state index contributed by atoms with van der Waals surface area (Å²) in [4.78, 5) is 14.7. The minimum atomic E-state index is -1.21. The number of aromatic hydroxyl groups is 1. The topological polar surface area (TPSA) is 105 Å². The van der Waals surface area contributed by atoms with Crippen LogP contribution in [0.25, 0.3) is 0 Å². The lowest BCUT2D eigenvalue weighted by Gasteiger charge is -2.62. The molecule has 0 aromatic heterocycles. The highest BCUT2D eigenvalue weighted by molar-refractivity contribution is 5.93. The van der Waals surface area contributed by atoms with Gasteiger partial charge >= 0.3 is 0 Å². The van der Waals surface area contributed by atoms with Gasteiger partial charge in [-0.2, -0.15) is 0 Å². The molecule has 3 aliphatic carbocycles. The molecule has 1 aromatic carbocycles. The molecule has 29 heavy (non-hydrogen) atoms. The average Bonchev–Trinajstić information content (AvgIpc) is 3.42. The summed E-state index contributed by atoms with van der Waals surface area (Å²) in [5.74, 6) is 0.973. The fraction of sp³-hybridized carbons (Fsp3) is 0.591. The third-order valence-corrected chi connectivity index (χ3v) is 8.01. The summed E-state index contributed by atoms with van der Waals surface area (Å²) in [7, 11) is 1.51. The van der Waals surface area contributed by atoms with Gasteiger partial charge < -0.3 is 25.4 Å². The summed E-state index contributed by atoms with van der Waals surface area (Å²) in [5, 5.41) is 22.9. The minimum absolute atomic E-state index is 0.0600. The lowest BCUT2D eigenvalue weighted by Crippen LogP contribution is -2.75. The van der Waals surface area contributed by atoms with Gasteiger partial charge in [0, 0.05) is 24.6 Å². The number of aliphatic hydroxyl groups is 1. The summed E-state index contributed by atoms with van der Waals surface area (Å²) in [6.07, 6.45) is 3.31. The van der Waals surface area contributed by atoms with E-state index in [4.69, 9.17) is 15.2 Å². The van der Waals surface area contributed by atoms with E-state index in [0.717, 1.165) is 24.2 Å². The number of methoxy groups -OCH3 is 1. The Morgan fingerprint density at radius 2 is 2.21 bits per heavy atom. The third kappa shape index (κ3) is 1.98. The van der Waals surface area contributed by atoms with Crippen molar-refractivity contribution in [2.75, 3.05) is 20.2 Å². The van der Waals surface area contributed by atoms with E-state index in [1.54, 1.807) is 6.07 Å². The van der Waals surface area contributed by atoms with Crippen molar-refractivity contribution in [3.8, 4) is 11.5 Å². The van der Waals surface area contributed by atoms with Crippen LogP contribution in [0.4, 0.5) is 0 Å². The summed E-state index contributed by atoms with van der Waals surface area (Å²) < 4.78 is 11.9. The number of hydrogen-bond donors (Lipinski definition) is 3. The molecule has 5 aliphatic rings. The lowest BCUT2D eigenvalue weighted by atomic mass is 9.49. The van der Waals surface area contributed by atoms with E-state index < -0.39 is 23.0 Å². The number of piperidine rings is 1. The maximum Gasteiger partial charge on any atom is 0.248 e. The molecule has 2 fully saturated rings. The monoisotopic (exact) mass is 398 g/mol. The highest BCUT2D eigenvalue weighted by Gasteiger charge is 2.73. The molecular weight excluding hydrogens is 372 g/mol. The molecule has 2 aliphatic heterocycles. The van der Waals surface area contributed by atoms with Crippen LogP contribution in [0.3, 0.4) is 0 Å². The molecule has 1 saturated carbocycles. The zero-order valence-electron chi connectivity index (χ0n) is 16.5. The van der Waals surface area contributed by atoms with Crippen LogP contribution in [0.2, 0.25) is 0 Å². The van der Waals surface area contributed by atoms with Gasteiger partial charge in [-0.25, -0.2) is 0 Å². The largest absolute Gasteiger partial charge is 0.504 e. The van der Waals surface area contributed by atoms with Crippen LogP contribution < -0.4 is 10.5 Å². The Hall–Kier alpha value is -2.25. The van der Waals surface area contributed by atoms with Crippen LogP contribution in [0.1, 0.15) is 36.8 Å². The van der Waals surface area contributed by atoms with Gasteiger partial charge in [-0.1, -0.05) is 6.07 Å². The second kappa shape index (κ2) is 5.46. The van der Waals surface area contributed by atoms with E-state index in [9.17, 15) is 15.0 Å². The summed E-state index contributed by atoms with van der Waals surface area (Å²) in [6.45, 7) is 1.82. The van der Waals surface area contributed by atoms with Crippen LogP contribution in [-0.2, 0) is 21.4 Å². The molecule has 6 rings (SSSR count). The van der Waals surface area contributed by atoms with Crippen molar-refractivity contribution in [1.82, 2.24) is 4.90 Å². The number of phenolic OH excluding ortho intramolecular Hbond substituents is 1. The first-order valence-electron chi connectivity index (χ1n) is 10.5. The molecule has 7 nitrogen and oxygen atoms in total.